The lowest BCUT2D eigenvalue weighted by Gasteiger charge is -2.35. The molecule has 0 spiro atoms. The summed E-state index contributed by atoms with van der Waals surface area (Å²) < 4.78 is 0. The van der Waals surface area contributed by atoms with Gasteiger partial charge in [0.25, 0.3) is 5.91 Å². The first-order valence-corrected chi connectivity index (χ1v) is 6.05. The topological polar surface area (TPSA) is 79.7 Å². The quantitative estimate of drug-likeness (QED) is 0.523. The summed E-state index contributed by atoms with van der Waals surface area (Å²) >= 11 is 0. The molecule has 0 saturated heterocycles. The van der Waals surface area contributed by atoms with Crippen molar-refractivity contribution in [2.75, 3.05) is 6.54 Å². The van der Waals surface area contributed by atoms with E-state index in [1.54, 1.807) is 23.5 Å². The van der Waals surface area contributed by atoms with Crippen LogP contribution in [-0.2, 0) is 6.42 Å². The number of nitrogens with two attached hydrogens (primary N) is 2. The molecule has 0 amide bonds. The van der Waals surface area contributed by atoms with Gasteiger partial charge < -0.3 is 0 Å². The maximum atomic E-state index is 5.81. The average molecular weight is 245 g/mol. The van der Waals surface area contributed by atoms with Gasteiger partial charge in [-0.2, -0.15) is 0 Å². The number of nitrogens with one attached hydrogen (secondary N) is 1. The Morgan fingerprint density at radius 3 is 2.72 bits per heavy atom. The van der Waals surface area contributed by atoms with E-state index in [1.807, 2.05) is 6.07 Å². The first-order chi connectivity index (χ1) is 8.68. The number of hydrazine groups is 1. The molecule has 0 fully saturated rings. The lowest BCUT2D eigenvalue weighted by Crippen LogP contribution is -2.64. The zero-order valence-electron chi connectivity index (χ0n) is 10.3. The number of aliphatic imine (C=N–C) groups is 1. The van der Waals surface area contributed by atoms with Crippen molar-refractivity contribution in [1.82, 2.24) is 10.4 Å². The third-order valence-electron chi connectivity index (χ3n) is 2.76. The van der Waals surface area contributed by atoms with E-state index in [0.29, 0.717) is 0 Å². The number of benzene rings is 1. The molecule has 1 aromatic carbocycles. The Hall–Kier alpha value is -1.69. The molecule has 1 aliphatic heterocycles. The third kappa shape index (κ3) is 3.40. The highest BCUT2D eigenvalue weighted by molar-refractivity contribution is 5.72. The van der Waals surface area contributed by atoms with E-state index in [0.717, 1.165) is 19.4 Å². The zero-order valence-corrected chi connectivity index (χ0v) is 10.3. The predicted octanol–water partition coefficient (Wildman–Crippen LogP) is 0.553. The Morgan fingerprint density at radius 1 is 1.22 bits per heavy atom. The second-order valence-electron chi connectivity index (χ2n) is 4.27. The van der Waals surface area contributed by atoms with Crippen LogP contribution in [0.5, 0.6) is 0 Å². The van der Waals surface area contributed by atoms with Crippen LogP contribution < -0.4 is 16.9 Å². The van der Waals surface area contributed by atoms with E-state index in [4.69, 9.17) is 11.5 Å². The summed E-state index contributed by atoms with van der Waals surface area (Å²) in [5, 5.41) is 1.62. The van der Waals surface area contributed by atoms with Crippen LogP contribution in [0.15, 0.2) is 47.6 Å². The van der Waals surface area contributed by atoms with Gasteiger partial charge in [-0.15, -0.1) is 0 Å². The van der Waals surface area contributed by atoms with E-state index in [9.17, 15) is 0 Å². The van der Waals surface area contributed by atoms with E-state index in [1.165, 1.54) is 5.56 Å². The molecule has 1 heterocycles. The van der Waals surface area contributed by atoms with Crippen LogP contribution in [0.2, 0.25) is 0 Å². The summed E-state index contributed by atoms with van der Waals surface area (Å²) in [4.78, 5) is 3.99. The van der Waals surface area contributed by atoms with Crippen molar-refractivity contribution in [2.45, 2.75) is 18.8 Å². The van der Waals surface area contributed by atoms with Crippen LogP contribution in [0, 0.1) is 0 Å². The maximum absolute atomic E-state index is 5.81. The Kier molecular flexibility index (Phi) is 4.09. The highest BCUT2D eigenvalue weighted by Gasteiger charge is 2.25. The fraction of sp³-hybridized carbons (Fsp3) is 0.308. The van der Waals surface area contributed by atoms with Crippen LogP contribution in [0.1, 0.15) is 12.0 Å². The lowest BCUT2D eigenvalue weighted by molar-refractivity contribution is 0.103. The van der Waals surface area contributed by atoms with Crippen molar-refractivity contribution >= 4 is 6.21 Å². The molecule has 0 aliphatic carbocycles. The minimum atomic E-state index is -1.19. The van der Waals surface area contributed by atoms with Crippen LogP contribution >= 0.6 is 0 Å². The summed E-state index contributed by atoms with van der Waals surface area (Å²) in [5.74, 6) is -1.19. The number of aryl methyl sites for hydroxylation is 1. The fourth-order valence-electron chi connectivity index (χ4n) is 1.78. The number of hydrogen-bond donors (Lipinski definition) is 3. The highest BCUT2D eigenvalue weighted by atomic mass is 15.6. The van der Waals surface area contributed by atoms with Crippen LogP contribution in [0.3, 0.4) is 0 Å². The van der Waals surface area contributed by atoms with Crippen molar-refractivity contribution in [1.29, 1.82) is 0 Å². The Morgan fingerprint density at radius 2 is 2.00 bits per heavy atom. The van der Waals surface area contributed by atoms with Gasteiger partial charge in [-0.25, -0.2) is 10.4 Å². The van der Waals surface area contributed by atoms with Crippen molar-refractivity contribution in [2.24, 2.45) is 16.5 Å². The third-order valence-corrected chi connectivity index (χ3v) is 2.76. The molecule has 5 N–H and O–H groups in total. The molecular weight excluding hydrogens is 226 g/mol. The van der Waals surface area contributed by atoms with Gasteiger partial charge in [-0.3, -0.25) is 16.5 Å². The van der Waals surface area contributed by atoms with Crippen molar-refractivity contribution in [3.05, 3.63) is 48.2 Å². The SMILES string of the molecule is NC1(N)N=CC=CN1NCCCc1ccccc1. The van der Waals surface area contributed by atoms with Gasteiger partial charge in [0.1, 0.15) is 0 Å². The maximum Gasteiger partial charge on any atom is 0.254 e. The highest BCUT2D eigenvalue weighted by Crippen LogP contribution is 2.06. The molecule has 0 unspecified atom stereocenters. The summed E-state index contributed by atoms with van der Waals surface area (Å²) in [6.45, 7) is 0.797. The van der Waals surface area contributed by atoms with Crippen LogP contribution in [0.25, 0.3) is 0 Å². The van der Waals surface area contributed by atoms with Gasteiger partial charge in [0.05, 0.1) is 0 Å². The largest absolute Gasteiger partial charge is 0.275 e. The number of allylic oxidation sites excluding steroid dienone is 1. The summed E-state index contributed by atoms with van der Waals surface area (Å²) in [6.07, 6.45) is 7.21. The molecule has 96 valence electrons. The minimum Gasteiger partial charge on any atom is -0.275 e. The number of nitrogens with zero attached hydrogens (tertiary/aromatic N) is 2. The lowest BCUT2D eigenvalue weighted by atomic mass is 10.1. The summed E-state index contributed by atoms with van der Waals surface area (Å²) in [6, 6.07) is 10.4. The first-order valence-electron chi connectivity index (χ1n) is 6.05. The molecule has 0 radical (unpaired) electrons. The van der Waals surface area contributed by atoms with Gasteiger partial charge >= 0.3 is 0 Å². The van der Waals surface area contributed by atoms with E-state index in [2.05, 4.69) is 34.7 Å². The molecule has 0 bridgehead atoms. The predicted molar refractivity (Wildman–Crippen MR) is 73.3 cm³/mol. The van der Waals surface area contributed by atoms with Gasteiger partial charge in [0.15, 0.2) is 0 Å². The minimum absolute atomic E-state index is 0.797. The molecule has 0 saturated carbocycles. The smallest absolute Gasteiger partial charge is 0.254 e. The summed E-state index contributed by atoms with van der Waals surface area (Å²) in [7, 11) is 0. The molecule has 0 atom stereocenters. The van der Waals surface area contributed by atoms with Crippen molar-refractivity contribution in [3.8, 4) is 0 Å². The molecule has 18 heavy (non-hydrogen) atoms. The van der Waals surface area contributed by atoms with Gasteiger partial charge in [-0.05, 0) is 24.5 Å². The van der Waals surface area contributed by atoms with E-state index >= 15 is 0 Å². The van der Waals surface area contributed by atoms with Gasteiger partial charge in [-0.1, -0.05) is 30.3 Å². The standard InChI is InChI=1S/C13H19N5/c14-13(15)16-9-5-11-18(13)17-10-4-8-12-6-2-1-3-7-12/h1-3,5-7,9,11,17H,4,8,10,14-15H2. The Balaban J connectivity index is 1.73. The van der Waals surface area contributed by atoms with Gasteiger partial charge in [0.2, 0.25) is 0 Å². The van der Waals surface area contributed by atoms with Crippen LogP contribution in [0.4, 0.5) is 0 Å². The Labute approximate surface area is 107 Å². The second-order valence-corrected chi connectivity index (χ2v) is 4.27. The average Bonchev–Trinajstić information content (AvgIpc) is 2.37. The molecule has 0 aromatic heterocycles. The summed E-state index contributed by atoms with van der Waals surface area (Å²) in [5.41, 5.74) is 16.1. The molecule has 1 aromatic rings. The normalized spacial score (nSPS) is 17.1. The number of hydrogen-bond acceptors (Lipinski definition) is 5. The van der Waals surface area contributed by atoms with Gasteiger partial charge in [0, 0.05) is 19.0 Å². The fourth-order valence-corrected chi connectivity index (χ4v) is 1.78. The molecule has 1 aliphatic rings. The molecular formula is C13H19N5. The van der Waals surface area contributed by atoms with E-state index < -0.39 is 5.91 Å². The zero-order chi connectivity index (χ0) is 12.8. The van der Waals surface area contributed by atoms with Crippen LogP contribution in [-0.4, -0.2) is 23.7 Å². The Bertz CT molecular complexity index is 424. The first kappa shape index (κ1) is 12.8. The number of rotatable bonds is 5. The molecule has 5 nitrogen and oxygen atoms in total. The van der Waals surface area contributed by atoms with E-state index in [-0.39, 0.29) is 0 Å². The second kappa shape index (κ2) is 5.77. The molecule has 5 heteroatoms. The monoisotopic (exact) mass is 245 g/mol. The van der Waals surface area contributed by atoms with Crippen molar-refractivity contribution in [3.63, 3.8) is 0 Å². The van der Waals surface area contributed by atoms with Crippen molar-refractivity contribution < 1.29 is 0 Å². The molecule has 2 rings (SSSR count).